The molecule has 0 saturated heterocycles. The minimum atomic E-state index is 0.357. The van der Waals surface area contributed by atoms with Crippen molar-refractivity contribution in [2.75, 3.05) is 0 Å². The summed E-state index contributed by atoms with van der Waals surface area (Å²) in [6.45, 7) is 0. The molecule has 0 heterocycles. The third-order valence-electron chi connectivity index (χ3n) is 4.06. The van der Waals surface area contributed by atoms with Crippen LogP contribution in [0.25, 0.3) is 0 Å². The maximum absolute atomic E-state index is 11.2. The summed E-state index contributed by atoms with van der Waals surface area (Å²) in [5, 5.41) is 0. The van der Waals surface area contributed by atoms with Gasteiger partial charge in [-0.2, -0.15) is 0 Å². The normalized spacial score (nSPS) is 37.8. The second kappa shape index (κ2) is 2.70. The van der Waals surface area contributed by atoms with Gasteiger partial charge >= 0.3 is 0 Å². The SMILES string of the molecule is O=C1CC2CC(CC3CCC3)=CC12. The highest BCUT2D eigenvalue weighted by Crippen LogP contribution is 2.46. The van der Waals surface area contributed by atoms with Crippen molar-refractivity contribution in [3.05, 3.63) is 11.6 Å². The third kappa shape index (κ3) is 1.17. The van der Waals surface area contributed by atoms with Gasteiger partial charge in [-0.1, -0.05) is 30.9 Å². The molecule has 0 aromatic rings. The number of hydrogen-bond acceptors (Lipinski definition) is 1. The lowest BCUT2D eigenvalue weighted by Crippen LogP contribution is -2.32. The van der Waals surface area contributed by atoms with E-state index in [9.17, 15) is 4.79 Å². The maximum atomic E-state index is 11.2. The van der Waals surface area contributed by atoms with Crippen LogP contribution in [0.2, 0.25) is 0 Å². The molecule has 0 aromatic carbocycles. The van der Waals surface area contributed by atoms with Gasteiger partial charge in [-0.05, 0) is 24.7 Å². The van der Waals surface area contributed by atoms with E-state index >= 15 is 0 Å². The Hall–Kier alpha value is -0.590. The molecular weight excluding hydrogens is 160 g/mol. The van der Waals surface area contributed by atoms with Gasteiger partial charge in [-0.3, -0.25) is 4.79 Å². The Morgan fingerprint density at radius 1 is 1.31 bits per heavy atom. The van der Waals surface area contributed by atoms with Crippen molar-refractivity contribution in [1.29, 1.82) is 0 Å². The van der Waals surface area contributed by atoms with Crippen molar-refractivity contribution in [1.82, 2.24) is 0 Å². The van der Waals surface area contributed by atoms with E-state index in [1.54, 1.807) is 5.57 Å². The van der Waals surface area contributed by atoms with Gasteiger partial charge in [-0.15, -0.1) is 0 Å². The molecule has 2 saturated carbocycles. The number of hydrogen-bond donors (Lipinski definition) is 0. The van der Waals surface area contributed by atoms with Gasteiger partial charge < -0.3 is 0 Å². The average molecular weight is 176 g/mol. The number of fused-ring (bicyclic) bond motifs is 1. The van der Waals surface area contributed by atoms with Gasteiger partial charge in [0.15, 0.2) is 0 Å². The molecule has 3 aliphatic rings. The van der Waals surface area contributed by atoms with Crippen molar-refractivity contribution in [2.24, 2.45) is 17.8 Å². The van der Waals surface area contributed by atoms with Crippen molar-refractivity contribution in [2.45, 2.75) is 38.5 Å². The van der Waals surface area contributed by atoms with Gasteiger partial charge in [0.25, 0.3) is 0 Å². The van der Waals surface area contributed by atoms with E-state index in [1.807, 2.05) is 0 Å². The highest BCUT2D eigenvalue weighted by atomic mass is 16.1. The van der Waals surface area contributed by atoms with Gasteiger partial charge in [0.1, 0.15) is 5.78 Å². The summed E-state index contributed by atoms with van der Waals surface area (Å²) in [5.74, 6) is 2.55. The summed E-state index contributed by atoms with van der Waals surface area (Å²) in [7, 11) is 0. The molecule has 13 heavy (non-hydrogen) atoms. The lowest BCUT2D eigenvalue weighted by Gasteiger charge is -2.28. The lowest BCUT2D eigenvalue weighted by atomic mass is 9.74. The van der Waals surface area contributed by atoms with Gasteiger partial charge in [0.2, 0.25) is 0 Å². The fourth-order valence-electron chi connectivity index (χ4n) is 2.93. The number of Topliss-reactive ketones (excluding diaryl/α,β-unsaturated/α-hetero) is 1. The number of ketones is 1. The summed E-state index contributed by atoms with van der Waals surface area (Å²) in [4.78, 5) is 11.2. The van der Waals surface area contributed by atoms with Gasteiger partial charge in [0, 0.05) is 12.3 Å². The second-order valence-corrected chi connectivity index (χ2v) is 4.99. The van der Waals surface area contributed by atoms with E-state index in [2.05, 4.69) is 6.08 Å². The third-order valence-corrected chi connectivity index (χ3v) is 4.06. The van der Waals surface area contributed by atoms with Crippen LogP contribution in [-0.2, 0) is 4.79 Å². The van der Waals surface area contributed by atoms with E-state index in [1.165, 1.54) is 32.1 Å². The maximum Gasteiger partial charge on any atom is 0.140 e. The first-order valence-electron chi connectivity index (χ1n) is 5.55. The zero-order chi connectivity index (χ0) is 8.84. The largest absolute Gasteiger partial charge is 0.299 e. The van der Waals surface area contributed by atoms with Crippen LogP contribution < -0.4 is 0 Å². The summed E-state index contributed by atoms with van der Waals surface area (Å²) < 4.78 is 0. The van der Waals surface area contributed by atoms with Crippen LogP contribution in [0.15, 0.2) is 11.6 Å². The molecule has 1 heteroatoms. The number of carbonyl (C=O) groups excluding carboxylic acids is 1. The molecule has 0 aromatic heterocycles. The summed E-state index contributed by atoms with van der Waals surface area (Å²) >= 11 is 0. The van der Waals surface area contributed by atoms with E-state index in [0.717, 1.165) is 18.3 Å². The van der Waals surface area contributed by atoms with Crippen molar-refractivity contribution in [3.8, 4) is 0 Å². The molecule has 2 atom stereocenters. The molecule has 0 bridgehead atoms. The summed E-state index contributed by atoms with van der Waals surface area (Å²) in [6.07, 6.45) is 10.0. The Balaban J connectivity index is 1.62. The Morgan fingerprint density at radius 3 is 2.69 bits per heavy atom. The zero-order valence-electron chi connectivity index (χ0n) is 7.96. The van der Waals surface area contributed by atoms with Crippen LogP contribution in [0.3, 0.4) is 0 Å². The molecule has 1 nitrogen and oxygen atoms in total. The van der Waals surface area contributed by atoms with Crippen LogP contribution in [-0.4, -0.2) is 5.78 Å². The monoisotopic (exact) mass is 176 g/mol. The Labute approximate surface area is 79.2 Å². The van der Waals surface area contributed by atoms with E-state index in [4.69, 9.17) is 0 Å². The lowest BCUT2D eigenvalue weighted by molar-refractivity contribution is -0.130. The molecule has 2 fully saturated rings. The standard InChI is InChI=1S/C12H16O/c13-12-7-10-5-9(6-11(10)12)4-8-2-1-3-8/h6,8,10-11H,1-5,7H2. The number of rotatable bonds is 2. The highest BCUT2D eigenvalue weighted by Gasteiger charge is 2.42. The van der Waals surface area contributed by atoms with Crippen molar-refractivity contribution >= 4 is 5.78 Å². The molecule has 0 amide bonds. The second-order valence-electron chi connectivity index (χ2n) is 4.99. The first-order chi connectivity index (χ1) is 6.33. The number of allylic oxidation sites excluding steroid dienone is 2. The van der Waals surface area contributed by atoms with Crippen LogP contribution in [0, 0.1) is 17.8 Å². The first kappa shape index (κ1) is 7.78. The quantitative estimate of drug-likeness (QED) is 0.591. The van der Waals surface area contributed by atoms with Crippen molar-refractivity contribution in [3.63, 3.8) is 0 Å². The molecule has 3 rings (SSSR count). The molecule has 0 radical (unpaired) electrons. The molecule has 3 aliphatic carbocycles. The Morgan fingerprint density at radius 2 is 2.15 bits per heavy atom. The minimum absolute atomic E-state index is 0.357. The number of carbonyl (C=O) groups is 1. The minimum Gasteiger partial charge on any atom is -0.299 e. The molecule has 0 aliphatic heterocycles. The molecule has 0 spiro atoms. The average Bonchev–Trinajstić information content (AvgIpc) is 2.35. The Bertz CT molecular complexity index is 273. The van der Waals surface area contributed by atoms with Gasteiger partial charge in [-0.25, -0.2) is 0 Å². The smallest absolute Gasteiger partial charge is 0.140 e. The van der Waals surface area contributed by atoms with Crippen LogP contribution in [0.5, 0.6) is 0 Å². The molecule has 70 valence electrons. The molecule has 2 unspecified atom stereocenters. The Kier molecular flexibility index (Phi) is 1.61. The van der Waals surface area contributed by atoms with Gasteiger partial charge in [0.05, 0.1) is 0 Å². The molecule has 0 N–H and O–H groups in total. The molecular formula is C12H16O. The summed E-state index contributed by atoms with van der Waals surface area (Å²) in [6, 6.07) is 0. The van der Waals surface area contributed by atoms with E-state index < -0.39 is 0 Å². The highest BCUT2D eigenvalue weighted by molar-refractivity contribution is 5.90. The van der Waals surface area contributed by atoms with Crippen molar-refractivity contribution < 1.29 is 4.79 Å². The van der Waals surface area contributed by atoms with E-state index in [0.29, 0.717) is 11.7 Å². The fourth-order valence-corrected chi connectivity index (χ4v) is 2.93. The summed E-state index contributed by atoms with van der Waals surface area (Å²) in [5.41, 5.74) is 1.60. The van der Waals surface area contributed by atoms with E-state index in [-0.39, 0.29) is 0 Å². The van der Waals surface area contributed by atoms with Crippen LogP contribution >= 0.6 is 0 Å². The van der Waals surface area contributed by atoms with Crippen LogP contribution in [0.1, 0.15) is 38.5 Å². The first-order valence-corrected chi connectivity index (χ1v) is 5.55. The zero-order valence-corrected chi connectivity index (χ0v) is 7.96. The fraction of sp³-hybridized carbons (Fsp3) is 0.750. The topological polar surface area (TPSA) is 17.1 Å². The predicted octanol–water partition coefficient (Wildman–Crippen LogP) is 2.71. The predicted molar refractivity (Wildman–Crippen MR) is 51.3 cm³/mol. The van der Waals surface area contributed by atoms with Crippen LogP contribution in [0.4, 0.5) is 0 Å².